The number of pyridine rings is 1. The number of hydrogen-bond acceptors (Lipinski definition) is 4. The van der Waals surface area contributed by atoms with E-state index in [2.05, 4.69) is 44.0 Å². The first-order valence-electron chi connectivity index (χ1n) is 14.2. The normalized spacial score (nSPS) is 14.4. The Hall–Kier alpha value is -5.00. The van der Waals surface area contributed by atoms with Crippen LogP contribution in [-0.2, 0) is 6.54 Å². The van der Waals surface area contributed by atoms with E-state index in [0.29, 0.717) is 11.5 Å². The van der Waals surface area contributed by atoms with Crippen LogP contribution in [0.4, 0.5) is 11.5 Å². The number of imidazole rings is 1. The number of rotatable bonds is 7. The first kappa shape index (κ1) is 27.2. The minimum atomic E-state index is -0.0197. The van der Waals surface area contributed by atoms with Gasteiger partial charge in [0.2, 0.25) is 5.69 Å². The highest BCUT2D eigenvalue weighted by molar-refractivity contribution is 5.87. The number of benzene rings is 3. The number of nitrogens with one attached hydrogen (secondary N) is 1. The summed E-state index contributed by atoms with van der Waals surface area (Å²) >= 11 is 0. The molecule has 8 nitrogen and oxygen atoms in total. The molecule has 0 bridgehead atoms. The lowest BCUT2D eigenvalue weighted by Gasteiger charge is -2.32. The molecule has 3 aromatic carbocycles. The fourth-order valence-electron chi connectivity index (χ4n) is 5.70. The molecule has 0 atom stereocenters. The lowest BCUT2D eigenvalue weighted by atomic mass is 9.97. The van der Waals surface area contributed by atoms with Crippen molar-refractivity contribution in [2.75, 3.05) is 27.2 Å². The second kappa shape index (κ2) is 11.9. The second-order valence-electron chi connectivity index (χ2n) is 10.9. The second-order valence-corrected chi connectivity index (χ2v) is 10.9. The molecule has 2 aromatic heterocycles. The van der Waals surface area contributed by atoms with Crippen molar-refractivity contribution < 1.29 is 0 Å². The van der Waals surface area contributed by atoms with Gasteiger partial charge in [-0.1, -0.05) is 66.7 Å². The van der Waals surface area contributed by atoms with Gasteiger partial charge in [0, 0.05) is 45.3 Å². The summed E-state index contributed by atoms with van der Waals surface area (Å²) in [6.45, 7) is 10.4. The summed E-state index contributed by atoms with van der Waals surface area (Å²) in [6, 6.07) is 28.6. The van der Waals surface area contributed by atoms with E-state index >= 15 is 0 Å². The van der Waals surface area contributed by atoms with Crippen molar-refractivity contribution in [3.05, 3.63) is 112 Å². The molecule has 0 unspecified atom stereocenters. The fourth-order valence-corrected chi connectivity index (χ4v) is 5.70. The Kier molecular flexibility index (Phi) is 7.67. The minimum Gasteiger partial charge on any atom is -0.369 e. The molecule has 0 radical (unpaired) electrons. The quantitative estimate of drug-likeness (QED) is 0.138. The predicted molar refractivity (Wildman–Crippen MR) is 169 cm³/mol. The van der Waals surface area contributed by atoms with Crippen LogP contribution in [0.2, 0.25) is 0 Å². The van der Waals surface area contributed by atoms with Crippen molar-refractivity contribution in [3.8, 4) is 22.4 Å². The van der Waals surface area contributed by atoms with Crippen LogP contribution in [0.1, 0.15) is 24.4 Å². The zero-order chi connectivity index (χ0) is 29.1. The maximum absolute atomic E-state index is 12.7. The molecule has 0 spiro atoms. The van der Waals surface area contributed by atoms with E-state index in [1.54, 1.807) is 6.34 Å². The number of likely N-dealkylation sites (tertiary alicyclic amines) is 1. The third kappa shape index (κ3) is 5.60. The van der Waals surface area contributed by atoms with Gasteiger partial charge in [-0.25, -0.2) is 19.6 Å². The molecular formula is C34H33N7O. The van der Waals surface area contributed by atoms with Crippen LogP contribution in [0, 0.1) is 6.57 Å². The number of aromatic nitrogens is 3. The number of piperidine rings is 1. The minimum absolute atomic E-state index is 0.0197. The van der Waals surface area contributed by atoms with Crippen LogP contribution in [0.5, 0.6) is 0 Å². The Morgan fingerprint density at radius 1 is 1.00 bits per heavy atom. The van der Waals surface area contributed by atoms with Crippen LogP contribution in [0.15, 0.2) is 94.7 Å². The third-order valence-electron chi connectivity index (χ3n) is 7.78. The molecule has 6 rings (SSSR count). The van der Waals surface area contributed by atoms with Gasteiger partial charge in [0.15, 0.2) is 5.82 Å². The third-order valence-corrected chi connectivity index (χ3v) is 7.78. The average molecular weight is 556 g/mol. The highest BCUT2D eigenvalue weighted by Gasteiger charge is 2.23. The molecular weight excluding hydrogens is 522 g/mol. The van der Waals surface area contributed by atoms with Gasteiger partial charge in [-0.15, -0.1) is 0 Å². The summed E-state index contributed by atoms with van der Waals surface area (Å²) in [5.74, 6) is 0.412. The largest absolute Gasteiger partial charge is 0.369 e. The van der Waals surface area contributed by atoms with Crippen molar-refractivity contribution in [2.45, 2.75) is 25.4 Å². The summed E-state index contributed by atoms with van der Waals surface area (Å²) in [6.07, 6.45) is 3.55. The van der Waals surface area contributed by atoms with Crippen molar-refractivity contribution >= 4 is 28.9 Å². The summed E-state index contributed by atoms with van der Waals surface area (Å²) < 4.78 is 1.94. The molecule has 0 saturated carbocycles. The van der Waals surface area contributed by atoms with Crippen LogP contribution < -0.4 is 5.69 Å². The van der Waals surface area contributed by atoms with Crippen molar-refractivity contribution in [2.24, 2.45) is 4.99 Å². The van der Waals surface area contributed by atoms with Gasteiger partial charge in [-0.05, 0) is 47.7 Å². The number of aliphatic imine (C=N–C) groups is 1. The first-order chi connectivity index (χ1) is 20.5. The molecule has 0 amide bonds. The number of hydrogen-bond donors (Lipinski definition) is 1. The average Bonchev–Trinajstić information content (AvgIpc) is 3.36. The standard InChI is InChI=1S/C34H33N7O/c1-35-30-21-28(25-9-5-4-6-10-25)32(38-33(30)36-23-39(2)3)26-15-13-24(14-16-26)22-40-19-17-27(18-20-40)41-31-12-8-7-11-29(31)37-34(41)42/h4-16,21,23,27H,17-20,22H2,2-3H3,(H,37,42). The van der Waals surface area contributed by atoms with E-state index in [-0.39, 0.29) is 11.7 Å². The number of fused-ring (bicyclic) bond motifs is 1. The highest BCUT2D eigenvalue weighted by atomic mass is 16.1. The smallest absolute Gasteiger partial charge is 0.326 e. The molecule has 8 heteroatoms. The Bertz CT molecular complexity index is 1820. The van der Waals surface area contributed by atoms with Crippen LogP contribution in [0.25, 0.3) is 38.3 Å². The van der Waals surface area contributed by atoms with Gasteiger partial charge < -0.3 is 9.88 Å². The van der Waals surface area contributed by atoms with E-state index in [1.165, 1.54) is 5.56 Å². The van der Waals surface area contributed by atoms with Gasteiger partial charge in [-0.3, -0.25) is 9.47 Å². The van der Waals surface area contributed by atoms with Crippen LogP contribution >= 0.6 is 0 Å². The zero-order valence-electron chi connectivity index (χ0n) is 23.9. The van der Waals surface area contributed by atoms with E-state index in [1.807, 2.05) is 84.2 Å². The van der Waals surface area contributed by atoms with E-state index in [0.717, 1.165) is 65.9 Å². The Morgan fingerprint density at radius 3 is 2.43 bits per heavy atom. The number of para-hydroxylation sites is 2. The van der Waals surface area contributed by atoms with E-state index in [9.17, 15) is 4.79 Å². The molecule has 1 fully saturated rings. The molecule has 42 heavy (non-hydrogen) atoms. The summed E-state index contributed by atoms with van der Waals surface area (Å²) in [5.41, 5.74) is 7.21. The SMILES string of the molecule is [C-]#[N+]c1cc(-c2ccccc2)c(-c2ccc(CN3CCC(n4c(=O)[nH]c5ccccc54)CC3)cc2)nc1N=CN(C)C. The van der Waals surface area contributed by atoms with Crippen LogP contribution in [-0.4, -0.2) is 57.9 Å². The van der Waals surface area contributed by atoms with Crippen molar-refractivity contribution in [1.82, 2.24) is 24.3 Å². The molecule has 210 valence electrons. The maximum atomic E-state index is 12.7. The van der Waals surface area contributed by atoms with Gasteiger partial charge in [-0.2, -0.15) is 0 Å². The molecule has 3 heterocycles. The monoisotopic (exact) mass is 555 g/mol. The molecule has 1 saturated heterocycles. The van der Waals surface area contributed by atoms with Gasteiger partial charge >= 0.3 is 5.69 Å². The molecule has 5 aromatic rings. The topological polar surface area (TPSA) is 73.9 Å². The van der Waals surface area contributed by atoms with Crippen molar-refractivity contribution in [1.29, 1.82) is 0 Å². The summed E-state index contributed by atoms with van der Waals surface area (Å²) in [7, 11) is 3.78. The predicted octanol–water partition coefficient (Wildman–Crippen LogP) is 6.67. The number of aromatic amines is 1. The van der Waals surface area contributed by atoms with E-state index < -0.39 is 0 Å². The zero-order valence-corrected chi connectivity index (χ0v) is 23.9. The lowest BCUT2D eigenvalue weighted by Crippen LogP contribution is -2.36. The summed E-state index contributed by atoms with van der Waals surface area (Å²) in [4.78, 5) is 33.0. The Morgan fingerprint density at radius 2 is 1.71 bits per heavy atom. The Labute approximate surface area is 245 Å². The lowest BCUT2D eigenvalue weighted by molar-refractivity contribution is 0.180. The van der Waals surface area contributed by atoms with Crippen LogP contribution in [0.3, 0.4) is 0 Å². The van der Waals surface area contributed by atoms with E-state index in [4.69, 9.17) is 11.6 Å². The summed E-state index contributed by atoms with van der Waals surface area (Å²) in [5, 5.41) is 0. The molecule has 1 N–H and O–H groups in total. The Balaban J connectivity index is 1.21. The van der Waals surface area contributed by atoms with Gasteiger partial charge in [0.05, 0.1) is 29.6 Å². The molecule has 1 aliphatic heterocycles. The van der Waals surface area contributed by atoms with Crippen molar-refractivity contribution in [3.63, 3.8) is 0 Å². The number of nitrogens with zero attached hydrogens (tertiary/aromatic N) is 6. The van der Waals surface area contributed by atoms with Gasteiger partial charge in [0.1, 0.15) is 0 Å². The van der Waals surface area contributed by atoms with Gasteiger partial charge in [0.25, 0.3) is 0 Å². The highest BCUT2D eigenvalue weighted by Crippen LogP contribution is 2.38. The molecule has 1 aliphatic rings. The first-order valence-corrected chi connectivity index (χ1v) is 14.2. The number of H-pyrrole nitrogens is 1. The fraction of sp³-hybridized carbons (Fsp3) is 0.235. The maximum Gasteiger partial charge on any atom is 0.326 e. The molecule has 0 aliphatic carbocycles.